The van der Waals surface area contributed by atoms with Crippen LogP contribution in [0.5, 0.6) is 0 Å². The number of hydrogen-bond donors (Lipinski definition) is 0. The summed E-state index contributed by atoms with van der Waals surface area (Å²) in [5, 5.41) is 0. The molecular formula is C6H12HgO6S4. The molecule has 98 valence electrons. The third-order valence-corrected chi connectivity index (χ3v) is 5.48. The molecule has 0 aromatic rings. The van der Waals surface area contributed by atoms with E-state index in [2.05, 4.69) is 0 Å². The smallest absolute Gasteiger partial charge is 0.748 e. The van der Waals surface area contributed by atoms with Gasteiger partial charge < -0.3 is 9.11 Å². The average molecular weight is 509 g/mol. The van der Waals surface area contributed by atoms with Crippen molar-refractivity contribution in [2.24, 2.45) is 0 Å². The Bertz CT molecular complexity index is 339. The number of hydrogen-bond acceptors (Lipinski definition) is 8. The SMILES string of the molecule is O=S(=O)([O-])CCCSSCCCS(=O)(=O)[O-].[Hg+2]. The van der Waals surface area contributed by atoms with Gasteiger partial charge in [-0.25, -0.2) is 16.8 Å². The van der Waals surface area contributed by atoms with Crippen molar-refractivity contribution < 1.29 is 53.6 Å². The van der Waals surface area contributed by atoms with E-state index in [1.54, 1.807) is 0 Å². The van der Waals surface area contributed by atoms with E-state index >= 15 is 0 Å². The van der Waals surface area contributed by atoms with Crippen LogP contribution in [0, 0.1) is 0 Å². The molecule has 17 heavy (non-hydrogen) atoms. The maximum absolute atomic E-state index is 10.2. The van der Waals surface area contributed by atoms with E-state index in [1.165, 1.54) is 21.6 Å². The van der Waals surface area contributed by atoms with Gasteiger partial charge in [0.2, 0.25) is 0 Å². The fourth-order valence-electron chi connectivity index (χ4n) is 0.707. The summed E-state index contributed by atoms with van der Waals surface area (Å²) >= 11 is 0. The molecule has 0 heterocycles. The minimum atomic E-state index is -4.13. The second kappa shape index (κ2) is 10.3. The van der Waals surface area contributed by atoms with Crippen molar-refractivity contribution in [3.63, 3.8) is 0 Å². The first-order chi connectivity index (χ1) is 7.21. The monoisotopic (exact) mass is 510 g/mol. The molecule has 0 aromatic carbocycles. The van der Waals surface area contributed by atoms with Gasteiger partial charge in [0.1, 0.15) is 0 Å². The fourth-order valence-corrected chi connectivity index (χ4v) is 4.24. The van der Waals surface area contributed by atoms with Gasteiger partial charge >= 0.3 is 27.7 Å². The van der Waals surface area contributed by atoms with Crippen molar-refractivity contribution in [3.8, 4) is 0 Å². The molecule has 0 unspecified atom stereocenters. The largest absolute Gasteiger partial charge is 2.00 e. The second-order valence-electron chi connectivity index (χ2n) is 2.87. The molecule has 0 spiro atoms. The fraction of sp³-hybridized carbons (Fsp3) is 1.00. The molecule has 0 bridgehead atoms. The maximum Gasteiger partial charge on any atom is 2.00 e. The van der Waals surface area contributed by atoms with Gasteiger partial charge in [0, 0.05) is 23.0 Å². The Morgan fingerprint density at radius 2 is 1.06 bits per heavy atom. The van der Waals surface area contributed by atoms with Crippen molar-refractivity contribution in [3.05, 3.63) is 0 Å². The first kappa shape index (κ1) is 20.8. The van der Waals surface area contributed by atoms with Gasteiger partial charge in [-0.15, -0.1) is 0 Å². The molecule has 11 heteroatoms. The van der Waals surface area contributed by atoms with Crippen LogP contribution in [0.4, 0.5) is 0 Å². The summed E-state index contributed by atoms with van der Waals surface area (Å²) in [6, 6.07) is 0. The van der Waals surface area contributed by atoms with Gasteiger partial charge in [-0.2, -0.15) is 0 Å². The first-order valence-corrected chi connectivity index (χ1v) is 9.96. The van der Waals surface area contributed by atoms with E-state index in [0.29, 0.717) is 11.5 Å². The number of rotatable bonds is 9. The van der Waals surface area contributed by atoms with E-state index in [1.807, 2.05) is 0 Å². The molecule has 0 N–H and O–H groups in total. The molecule has 6 nitrogen and oxygen atoms in total. The van der Waals surface area contributed by atoms with Gasteiger partial charge in [-0.05, 0) is 12.8 Å². The van der Waals surface area contributed by atoms with Crippen LogP contribution in [-0.2, 0) is 47.9 Å². The molecule has 0 radical (unpaired) electrons. The van der Waals surface area contributed by atoms with Crippen molar-refractivity contribution >= 4 is 41.8 Å². The van der Waals surface area contributed by atoms with Crippen LogP contribution in [0.15, 0.2) is 0 Å². The normalized spacial score (nSPS) is 12.1. The van der Waals surface area contributed by atoms with Gasteiger partial charge in [0.25, 0.3) is 0 Å². The Balaban J connectivity index is 0. The summed E-state index contributed by atoms with van der Waals surface area (Å²) in [6.07, 6.45) is 0.562. The van der Waals surface area contributed by atoms with Gasteiger partial charge in [-0.1, -0.05) is 21.6 Å². The molecule has 0 saturated carbocycles. The van der Waals surface area contributed by atoms with Crippen LogP contribution < -0.4 is 0 Å². The van der Waals surface area contributed by atoms with E-state index in [9.17, 15) is 25.9 Å². The van der Waals surface area contributed by atoms with Crippen LogP contribution in [-0.4, -0.2) is 49.0 Å². The molecule has 0 aliphatic rings. The van der Waals surface area contributed by atoms with Gasteiger partial charge in [0.05, 0.1) is 20.2 Å². The van der Waals surface area contributed by atoms with Crippen LogP contribution >= 0.6 is 21.6 Å². The van der Waals surface area contributed by atoms with Crippen molar-refractivity contribution in [1.82, 2.24) is 0 Å². The third-order valence-electron chi connectivity index (χ3n) is 1.33. The Hall–Kier alpha value is 1.46. The molecule has 0 fully saturated rings. The zero-order chi connectivity index (χ0) is 12.7. The van der Waals surface area contributed by atoms with Gasteiger partial charge in [-0.3, -0.25) is 0 Å². The molecule has 0 amide bonds. The quantitative estimate of drug-likeness (QED) is 0.188. The molecule has 0 aliphatic heterocycles. The van der Waals surface area contributed by atoms with E-state index in [4.69, 9.17) is 0 Å². The Kier molecular flexibility index (Phi) is 12.5. The summed E-state index contributed by atoms with van der Waals surface area (Å²) in [5.74, 6) is 0.261. The Labute approximate surface area is 130 Å². The molecule has 0 atom stereocenters. The summed E-state index contributed by atoms with van der Waals surface area (Å²) in [6.45, 7) is 0. The average Bonchev–Trinajstić information content (AvgIpc) is 2.06. The van der Waals surface area contributed by atoms with Crippen molar-refractivity contribution in [2.75, 3.05) is 23.0 Å². The minimum absolute atomic E-state index is 0. The van der Waals surface area contributed by atoms with E-state index in [-0.39, 0.29) is 52.0 Å². The van der Waals surface area contributed by atoms with Crippen LogP contribution in [0.2, 0.25) is 0 Å². The molecule has 0 aromatic heterocycles. The summed E-state index contributed by atoms with van der Waals surface area (Å²) in [7, 11) is -5.55. The Morgan fingerprint density at radius 3 is 1.29 bits per heavy atom. The first-order valence-electron chi connectivity index (χ1n) is 4.32. The van der Waals surface area contributed by atoms with Crippen LogP contribution in [0.1, 0.15) is 12.8 Å². The van der Waals surface area contributed by atoms with Gasteiger partial charge in [0.15, 0.2) is 0 Å². The molecule has 0 saturated heterocycles. The van der Waals surface area contributed by atoms with Crippen LogP contribution in [0.3, 0.4) is 0 Å². The summed E-state index contributed by atoms with van der Waals surface area (Å²) < 4.78 is 61.2. The Morgan fingerprint density at radius 1 is 0.765 bits per heavy atom. The minimum Gasteiger partial charge on any atom is -0.748 e. The second-order valence-corrected chi connectivity index (χ2v) is 8.62. The molecule has 0 rings (SSSR count). The van der Waals surface area contributed by atoms with E-state index < -0.39 is 20.2 Å². The zero-order valence-corrected chi connectivity index (χ0v) is 17.8. The predicted molar refractivity (Wildman–Crippen MR) is 63.3 cm³/mol. The summed E-state index contributed by atoms with van der Waals surface area (Å²) in [5.41, 5.74) is 0. The third kappa shape index (κ3) is 20.0. The van der Waals surface area contributed by atoms with Crippen molar-refractivity contribution in [2.45, 2.75) is 12.8 Å². The van der Waals surface area contributed by atoms with Crippen molar-refractivity contribution in [1.29, 1.82) is 0 Å². The standard InChI is InChI=1S/C6H14O6S4.Hg/c7-15(8,9)5-1-3-13-14-4-2-6-16(10,11)12;/h1-6H2,(H,7,8,9)(H,10,11,12);/q;+2/p-2. The topological polar surface area (TPSA) is 114 Å². The zero-order valence-electron chi connectivity index (χ0n) is 9.03. The maximum atomic E-state index is 10.2. The summed E-state index contributed by atoms with van der Waals surface area (Å²) in [4.78, 5) is 0. The van der Waals surface area contributed by atoms with E-state index in [0.717, 1.165) is 0 Å². The van der Waals surface area contributed by atoms with Crippen LogP contribution in [0.25, 0.3) is 0 Å². The predicted octanol–water partition coefficient (Wildman–Crippen LogP) is 0.236. The molecular weight excluding hydrogens is 497 g/mol. The molecule has 0 aliphatic carbocycles.